The minimum Gasteiger partial charge on any atom is -0.408 e. The summed E-state index contributed by atoms with van der Waals surface area (Å²) in [6.07, 6.45) is 0. The lowest BCUT2D eigenvalue weighted by Crippen LogP contribution is -2.48. The van der Waals surface area contributed by atoms with E-state index in [1.165, 1.54) is 22.5 Å². The zero-order valence-electron chi connectivity index (χ0n) is 14.4. The first-order chi connectivity index (χ1) is 11.8. The molecule has 0 radical (unpaired) electrons. The van der Waals surface area contributed by atoms with Gasteiger partial charge in [0, 0.05) is 32.1 Å². The molecule has 0 aliphatic carbocycles. The molecular weight excluding hydrogens is 347 g/mol. The second kappa shape index (κ2) is 6.72. The fraction of sp³-hybridized carbons (Fsp3) is 0.500. The summed E-state index contributed by atoms with van der Waals surface area (Å²) in [5.74, 6) is 0.289. The summed E-state index contributed by atoms with van der Waals surface area (Å²) in [5.41, 5.74) is 0.312. The average Bonchev–Trinajstić information content (AvgIpc) is 3.08. The predicted molar refractivity (Wildman–Crippen MR) is 90.5 cm³/mol. The first-order valence-electron chi connectivity index (χ1n) is 8.13. The van der Waals surface area contributed by atoms with Crippen LogP contribution in [0.25, 0.3) is 0 Å². The Balaban J connectivity index is 1.71. The van der Waals surface area contributed by atoms with Gasteiger partial charge in [-0.1, -0.05) is 18.9 Å². The number of halogens is 1. The number of hydrogen-bond acceptors (Lipinski definition) is 6. The quantitative estimate of drug-likeness (QED) is 0.823. The van der Waals surface area contributed by atoms with Gasteiger partial charge in [-0.05, 0) is 30.7 Å². The van der Waals surface area contributed by atoms with Crippen LogP contribution in [0.15, 0.2) is 27.5 Å². The third kappa shape index (κ3) is 3.52. The highest BCUT2D eigenvalue weighted by Gasteiger charge is 2.30. The van der Waals surface area contributed by atoms with Crippen LogP contribution in [0.5, 0.6) is 0 Å². The van der Waals surface area contributed by atoms with E-state index in [0.717, 1.165) is 0 Å². The van der Waals surface area contributed by atoms with Gasteiger partial charge in [0.1, 0.15) is 5.82 Å². The van der Waals surface area contributed by atoms with Gasteiger partial charge in [-0.15, -0.1) is 5.10 Å². The third-order valence-corrected chi connectivity index (χ3v) is 6.09. The number of benzene rings is 1. The number of piperazine rings is 1. The number of rotatable bonds is 4. The van der Waals surface area contributed by atoms with Crippen LogP contribution < -0.4 is 4.90 Å². The molecule has 0 spiro atoms. The van der Waals surface area contributed by atoms with Crippen molar-refractivity contribution in [2.24, 2.45) is 0 Å². The molecule has 9 heteroatoms. The van der Waals surface area contributed by atoms with Crippen LogP contribution in [0.2, 0.25) is 0 Å². The molecule has 136 valence electrons. The van der Waals surface area contributed by atoms with Gasteiger partial charge in [-0.3, -0.25) is 0 Å². The van der Waals surface area contributed by atoms with E-state index in [1.807, 2.05) is 18.7 Å². The molecule has 1 aromatic carbocycles. The molecule has 2 aromatic rings. The van der Waals surface area contributed by atoms with Gasteiger partial charge >= 0.3 is 6.01 Å². The lowest BCUT2D eigenvalue weighted by atomic mass is 10.2. The van der Waals surface area contributed by atoms with Crippen LogP contribution in [0, 0.1) is 12.7 Å². The first-order valence-corrected chi connectivity index (χ1v) is 9.57. The largest absolute Gasteiger partial charge is 0.408 e. The molecule has 0 unspecified atom stereocenters. The number of sulfonamides is 1. The summed E-state index contributed by atoms with van der Waals surface area (Å²) < 4.78 is 45.8. The third-order valence-electron chi connectivity index (χ3n) is 4.20. The Bertz CT molecular complexity index is 858. The minimum absolute atomic E-state index is 0.111. The van der Waals surface area contributed by atoms with Crippen molar-refractivity contribution in [1.82, 2.24) is 14.5 Å². The monoisotopic (exact) mass is 368 g/mol. The Morgan fingerprint density at radius 1 is 1.16 bits per heavy atom. The minimum atomic E-state index is -3.64. The zero-order chi connectivity index (χ0) is 18.2. The molecule has 0 bridgehead atoms. The van der Waals surface area contributed by atoms with E-state index in [4.69, 9.17) is 4.42 Å². The number of nitrogens with zero attached hydrogens (tertiary/aromatic N) is 4. The van der Waals surface area contributed by atoms with Gasteiger partial charge in [-0.25, -0.2) is 12.8 Å². The molecule has 7 nitrogen and oxygen atoms in total. The summed E-state index contributed by atoms with van der Waals surface area (Å²) in [7, 11) is -3.64. The van der Waals surface area contributed by atoms with Crippen molar-refractivity contribution in [2.75, 3.05) is 31.1 Å². The van der Waals surface area contributed by atoms with E-state index in [9.17, 15) is 12.8 Å². The Morgan fingerprint density at radius 2 is 1.84 bits per heavy atom. The van der Waals surface area contributed by atoms with Crippen LogP contribution in [-0.2, 0) is 10.0 Å². The maximum absolute atomic E-state index is 13.4. The maximum atomic E-state index is 13.4. The van der Waals surface area contributed by atoms with Crippen molar-refractivity contribution in [3.8, 4) is 0 Å². The fourth-order valence-electron chi connectivity index (χ4n) is 2.63. The van der Waals surface area contributed by atoms with Crippen molar-refractivity contribution in [1.29, 1.82) is 0 Å². The second-order valence-electron chi connectivity index (χ2n) is 6.38. The lowest BCUT2D eigenvalue weighted by Gasteiger charge is -2.32. The Hall–Kier alpha value is -2.00. The zero-order valence-corrected chi connectivity index (χ0v) is 15.3. The molecule has 3 rings (SSSR count). The van der Waals surface area contributed by atoms with Crippen molar-refractivity contribution < 1.29 is 17.2 Å². The molecule has 25 heavy (non-hydrogen) atoms. The normalized spacial score (nSPS) is 16.6. The van der Waals surface area contributed by atoms with Crippen LogP contribution in [0.1, 0.15) is 31.2 Å². The molecule has 0 amide bonds. The van der Waals surface area contributed by atoms with E-state index < -0.39 is 15.8 Å². The molecular formula is C16H21FN4O3S. The standard InChI is InChI=1S/C16H21FN4O3S/c1-11(2)15-18-19-16(24-15)20-6-8-21(9-7-20)25(22,23)13-4-5-14(17)12(3)10-13/h4-5,10-11H,6-9H2,1-3H3. The highest BCUT2D eigenvalue weighted by molar-refractivity contribution is 7.89. The van der Waals surface area contributed by atoms with Crippen molar-refractivity contribution in [2.45, 2.75) is 31.6 Å². The van der Waals surface area contributed by atoms with Gasteiger partial charge in [0.2, 0.25) is 15.9 Å². The SMILES string of the molecule is Cc1cc(S(=O)(=O)N2CCN(c3nnc(C(C)C)o3)CC2)ccc1F. The summed E-state index contributed by atoms with van der Waals surface area (Å²) in [6, 6.07) is 4.27. The van der Waals surface area contributed by atoms with Crippen molar-refractivity contribution in [3.05, 3.63) is 35.5 Å². The van der Waals surface area contributed by atoms with E-state index in [1.54, 1.807) is 6.92 Å². The molecule has 0 N–H and O–H groups in total. The lowest BCUT2D eigenvalue weighted by molar-refractivity contribution is 0.367. The molecule has 2 heterocycles. The molecule has 0 atom stereocenters. The second-order valence-corrected chi connectivity index (χ2v) is 8.32. The van der Waals surface area contributed by atoms with Crippen LogP contribution in [0.3, 0.4) is 0 Å². The summed E-state index contributed by atoms with van der Waals surface area (Å²) in [4.78, 5) is 1.99. The van der Waals surface area contributed by atoms with Crippen molar-refractivity contribution >= 4 is 16.0 Å². The number of aromatic nitrogens is 2. The van der Waals surface area contributed by atoms with E-state index in [2.05, 4.69) is 10.2 Å². The van der Waals surface area contributed by atoms with Crippen LogP contribution in [-0.4, -0.2) is 49.1 Å². The molecule has 1 aliphatic heterocycles. The smallest absolute Gasteiger partial charge is 0.318 e. The van der Waals surface area contributed by atoms with E-state index in [-0.39, 0.29) is 10.8 Å². The molecule has 1 fully saturated rings. The topological polar surface area (TPSA) is 79.5 Å². The van der Waals surface area contributed by atoms with Gasteiger partial charge in [0.15, 0.2) is 0 Å². The number of aryl methyl sites for hydroxylation is 1. The van der Waals surface area contributed by atoms with Crippen molar-refractivity contribution in [3.63, 3.8) is 0 Å². The summed E-state index contributed by atoms with van der Waals surface area (Å²) >= 11 is 0. The molecule has 1 aliphatic rings. The van der Waals surface area contributed by atoms with Gasteiger partial charge < -0.3 is 9.32 Å². The number of hydrogen-bond donors (Lipinski definition) is 0. The van der Waals surface area contributed by atoms with Gasteiger partial charge in [-0.2, -0.15) is 4.31 Å². The highest BCUT2D eigenvalue weighted by Crippen LogP contribution is 2.23. The molecule has 1 aromatic heterocycles. The summed E-state index contributed by atoms with van der Waals surface area (Å²) in [5, 5.41) is 8.03. The highest BCUT2D eigenvalue weighted by atomic mass is 32.2. The number of anilines is 1. The van der Waals surface area contributed by atoms with Crippen LogP contribution in [0.4, 0.5) is 10.4 Å². The fourth-order valence-corrected chi connectivity index (χ4v) is 4.14. The predicted octanol–water partition coefficient (Wildman–Crippen LogP) is 2.15. The average molecular weight is 368 g/mol. The molecule has 1 saturated heterocycles. The Labute approximate surface area is 146 Å². The van der Waals surface area contributed by atoms with E-state index in [0.29, 0.717) is 43.6 Å². The Morgan fingerprint density at radius 3 is 2.40 bits per heavy atom. The van der Waals surface area contributed by atoms with Gasteiger partial charge in [0.05, 0.1) is 4.90 Å². The maximum Gasteiger partial charge on any atom is 0.318 e. The van der Waals surface area contributed by atoms with Crippen LogP contribution >= 0.6 is 0 Å². The van der Waals surface area contributed by atoms with E-state index >= 15 is 0 Å². The first kappa shape index (κ1) is 17.8. The Kier molecular flexibility index (Phi) is 4.79. The molecule has 0 saturated carbocycles. The van der Waals surface area contributed by atoms with Gasteiger partial charge in [0.25, 0.3) is 0 Å². The summed E-state index contributed by atoms with van der Waals surface area (Å²) in [6.45, 7) is 7.00.